The molecule has 1 nitrogen and oxygen atoms in total. The van der Waals surface area contributed by atoms with Gasteiger partial charge in [0.15, 0.2) is 0 Å². The third-order valence-electron chi connectivity index (χ3n) is 2.32. The highest BCUT2D eigenvalue weighted by Gasteiger charge is 1.94. The molecule has 0 saturated heterocycles. The first-order chi connectivity index (χ1) is 8.74. The monoisotopic (exact) mass is 237 g/mol. The Morgan fingerprint density at radius 3 is 2.39 bits per heavy atom. The van der Waals surface area contributed by atoms with E-state index >= 15 is 0 Å². The fourth-order valence-electron chi connectivity index (χ4n) is 1.40. The van der Waals surface area contributed by atoms with Crippen molar-refractivity contribution in [2.75, 3.05) is 0 Å². The molecule has 0 aliphatic heterocycles. The molecule has 0 bridgehead atoms. The number of rotatable bonds is 5. The molecule has 1 aromatic rings. The summed E-state index contributed by atoms with van der Waals surface area (Å²) in [5.74, 6) is 0. The fraction of sp³-hybridized carbons (Fsp3) is 0.118. The van der Waals surface area contributed by atoms with Gasteiger partial charge in [-0.1, -0.05) is 67.3 Å². The third kappa shape index (κ3) is 5.26. The standard InChI is InChI=1S/C17H19N/c1-4-5-6-7-9-12-15(2)18-16(3)17-13-10-8-11-14-17/h4-14H,2H2,1,3H3/b5-4-,7-6-,12-9+,18-16?. The zero-order chi connectivity index (χ0) is 13.2. The quantitative estimate of drug-likeness (QED) is 0.520. The lowest BCUT2D eigenvalue weighted by molar-refractivity contribution is 1.40. The summed E-state index contributed by atoms with van der Waals surface area (Å²) in [6, 6.07) is 10.1. The topological polar surface area (TPSA) is 12.4 Å². The Bertz CT molecular complexity index is 488. The van der Waals surface area contributed by atoms with Crippen LogP contribution in [0, 0.1) is 0 Å². The molecule has 0 aliphatic rings. The minimum Gasteiger partial charge on any atom is -0.254 e. The second-order valence-corrected chi connectivity index (χ2v) is 3.82. The first kappa shape index (κ1) is 13.9. The molecule has 0 aromatic heterocycles. The van der Waals surface area contributed by atoms with Gasteiger partial charge in [0.2, 0.25) is 0 Å². The van der Waals surface area contributed by atoms with Crippen LogP contribution in [0.2, 0.25) is 0 Å². The van der Waals surface area contributed by atoms with E-state index in [-0.39, 0.29) is 0 Å². The van der Waals surface area contributed by atoms with Crippen LogP contribution in [0.15, 0.2) is 84.1 Å². The Kier molecular flexibility index (Phi) is 6.20. The molecule has 0 spiro atoms. The molecule has 0 saturated carbocycles. The number of nitrogens with zero attached hydrogens (tertiary/aromatic N) is 1. The average molecular weight is 237 g/mol. The summed E-state index contributed by atoms with van der Waals surface area (Å²) >= 11 is 0. The Balaban J connectivity index is 2.64. The molecule has 1 rings (SSSR count). The van der Waals surface area contributed by atoms with Crippen LogP contribution in [0.5, 0.6) is 0 Å². The van der Waals surface area contributed by atoms with Crippen LogP contribution in [-0.2, 0) is 0 Å². The van der Waals surface area contributed by atoms with Gasteiger partial charge in [0.25, 0.3) is 0 Å². The molecule has 0 heterocycles. The minimum absolute atomic E-state index is 0.751. The molecule has 0 amide bonds. The summed E-state index contributed by atoms with van der Waals surface area (Å²) in [6.07, 6.45) is 11.7. The van der Waals surface area contributed by atoms with Gasteiger partial charge in [0.1, 0.15) is 0 Å². The maximum atomic E-state index is 4.45. The summed E-state index contributed by atoms with van der Waals surface area (Å²) in [7, 11) is 0. The maximum absolute atomic E-state index is 4.45. The van der Waals surface area contributed by atoms with Gasteiger partial charge in [0, 0.05) is 5.71 Å². The summed E-state index contributed by atoms with van der Waals surface area (Å²) in [6.45, 7) is 7.89. The van der Waals surface area contributed by atoms with Crippen molar-refractivity contribution in [3.8, 4) is 0 Å². The SMILES string of the molecule is C=C(/C=C/C=C\C=C/C)N=C(C)c1ccccc1. The second-order valence-electron chi connectivity index (χ2n) is 3.82. The summed E-state index contributed by atoms with van der Waals surface area (Å²) < 4.78 is 0. The molecule has 1 heteroatoms. The van der Waals surface area contributed by atoms with Gasteiger partial charge in [-0.3, -0.25) is 4.99 Å². The third-order valence-corrected chi connectivity index (χ3v) is 2.32. The lowest BCUT2D eigenvalue weighted by Gasteiger charge is -1.99. The summed E-state index contributed by atoms with van der Waals surface area (Å²) in [4.78, 5) is 4.45. The van der Waals surface area contributed by atoms with Crippen LogP contribution < -0.4 is 0 Å². The molecule has 92 valence electrons. The van der Waals surface area contributed by atoms with Crippen molar-refractivity contribution < 1.29 is 0 Å². The normalized spacial score (nSPS) is 12.9. The zero-order valence-corrected chi connectivity index (χ0v) is 11.0. The lowest BCUT2D eigenvalue weighted by Crippen LogP contribution is -1.93. The van der Waals surface area contributed by atoms with Gasteiger partial charge >= 0.3 is 0 Å². The van der Waals surface area contributed by atoms with Crippen molar-refractivity contribution in [1.82, 2.24) is 0 Å². The molecular formula is C17H19N. The van der Waals surface area contributed by atoms with Gasteiger partial charge in [-0.05, 0) is 25.5 Å². The fourth-order valence-corrected chi connectivity index (χ4v) is 1.40. The van der Waals surface area contributed by atoms with Crippen molar-refractivity contribution in [3.63, 3.8) is 0 Å². The van der Waals surface area contributed by atoms with Gasteiger partial charge in [0.05, 0.1) is 5.70 Å². The van der Waals surface area contributed by atoms with Crippen LogP contribution in [0.3, 0.4) is 0 Å². The van der Waals surface area contributed by atoms with Crippen LogP contribution in [0.4, 0.5) is 0 Å². The number of hydrogen-bond acceptors (Lipinski definition) is 1. The number of allylic oxidation sites excluding steroid dienone is 6. The highest BCUT2D eigenvalue weighted by Crippen LogP contribution is 2.04. The highest BCUT2D eigenvalue weighted by molar-refractivity contribution is 5.99. The Labute approximate surface area is 110 Å². The Morgan fingerprint density at radius 2 is 1.72 bits per heavy atom. The smallest absolute Gasteiger partial charge is 0.0561 e. The molecule has 18 heavy (non-hydrogen) atoms. The van der Waals surface area contributed by atoms with E-state index in [4.69, 9.17) is 0 Å². The molecule has 0 atom stereocenters. The number of aliphatic imine (C=N–C) groups is 1. The minimum atomic E-state index is 0.751. The van der Waals surface area contributed by atoms with Crippen molar-refractivity contribution in [2.24, 2.45) is 4.99 Å². The molecule has 0 N–H and O–H groups in total. The Hall–Kier alpha value is -2.15. The number of benzene rings is 1. The number of hydrogen-bond donors (Lipinski definition) is 0. The van der Waals surface area contributed by atoms with Gasteiger partial charge in [-0.25, -0.2) is 0 Å². The maximum Gasteiger partial charge on any atom is 0.0561 e. The largest absolute Gasteiger partial charge is 0.254 e. The molecule has 0 aliphatic carbocycles. The summed E-state index contributed by atoms with van der Waals surface area (Å²) in [5, 5.41) is 0. The molecule has 0 unspecified atom stereocenters. The predicted octanol–water partition coefficient (Wildman–Crippen LogP) is 4.70. The van der Waals surface area contributed by atoms with Crippen LogP contribution in [-0.4, -0.2) is 5.71 Å². The van der Waals surface area contributed by atoms with E-state index in [1.54, 1.807) is 0 Å². The molecule has 0 fully saturated rings. The van der Waals surface area contributed by atoms with E-state index in [0.29, 0.717) is 0 Å². The molecule has 0 radical (unpaired) electrons. The van der Waals surface area contributed by atoms with E-state index < -0.39 is 0 Å². The van der Waals surface area contributed by atoms with Crippen molar-refractivity contribution in [3.05, 3.63) is 84.6 Å². The van der Waals surface area contributed by atoms with Gasteiger partial charge < -0.3 is 0 Å². The van der Waals surface area contributed by atoms with E-state index in [9.17, 15) is 0 Å². The predicted molar refractivity (Wildman–Crippen MR) is 80.9 cm³/mol. The Morgan fingerprint density at radius 1 is 1.06 bits per heavy atom. The summed E-state index contributed by atoms with van der Waals surface area (Å²) in [5.41, 5.74) is 2.85. The van der Waals surface area contributed by atoms with Gasteiger partial charge in [-0.15, -0.1) is 0 Å². The lowest BCUT2D eigenvalue weighted by atomic mass is 10.1. The van der Waals surface area contributed by atoms with E-state index in [1.807, 2.05) is 80.6 Å². The van der Waals surface area contributed by atoms with E-state index in [2.05, 4.69) is 11.6 Å². The van der Waals surface area contributed by atoms with Crippen LogP contribution >= 0.6 is 0 Å². The van der Waals surface area contributed by atoms with Crippen molar-refractivity contribution >= 4 is 5.71 Å². The van der Waals surface area contributed by atoms with Crippen molar-refractivity contribution in [1.29, 1.82) is 0 Å². The molecular weight excluding hydrogens is 218 g/mol. The first-order valence-electron chi connectivity index (χ1n) is 5.99. The van der Waals surface area contributed by atoms with E-state index in [0.717, 1.165) is 17.0 Å². The average Bonchev–Trinajstić information content (AvgIpc) is 2.39. The highest BCUT2D eigenvalue weighted by atomic mass is 14.7. The second kappa shape index (κ2) is 8.02. The van der Waals surface area contributed by atoms with Gasteiger partial charge in [-0.2, -0.15) is 0 Å². The van der Waals surface area contributed by atoms with E-state index in [1.165, 1.54) is 0 Å². The molecule has 1 aromatic carbocycles. The first-order valence-corrected chi connectivity index (χ1v) is 5.99. The van der Waals surface area contributed by atoms with Crippen LogP contribution in [0.25, 0.3) is 0 Å². The van der Waals surface area contributed by atoms with Crippen molar-refractivity contribution in [2.45, 2.75) is 13.8 Å². The zero-order valence-electron chi connectivity index (χ0n) is 11.0. The van der Waals surface area contributed by atoms with Crippen LogP contribution in [0.1, 0.15) is 19.4 Å².